The minimum atomic E-state index is -4.51. The van der Waals surface area contributed by atoms with E-state index in [0.29, 0.717) is 16.2 Å². The molecule has 0 fully saturated rings. The second-order valence-corrected chi connectivity index (χ2v) is 4.62. The van der Waals surface area contributed by atoms with Gasteiger partial charge in [-0.25, -0.2) is 4.39 Å². The van der Waals surface area contributed by atoms with Gasteiger partial charge in [0.15, 0.2) is 0 Å². The van der Waals surface area contributed by atoms with Crippen LogP contribution in [0.5, 0.6) is 0 Å². The predicted octanol–water partition coefficient (Wildman–Crippen LogP) is 4.75. The van der Waals surface area contributed by atoms with Gasteiger partial charge in [0.1, 0.15) is 5.82 Å². The lowest BCUT2D eigenvalue weighted by molar-refractivity contribution is -0.137. The van der Waals surface area contributed by atoms with Crippen molar-refractivity contribution >= 4 is 27.3 Å². The summed E-state index contributed by atoms with van der Waals surface area (Å²) in [5.41, 5.74) is -0.790. The first kappa shape index (κ1) is 13.8. The molecule has 19 heavy (non-hydrogen) atoms. The van der Waals surface area contributed by atoms with Crippen molar-refractivity contribution in [2.75, 3.05) is 5.32 Å². The van der Waals surface area contributed by atoms with Crippen molar-refractivity contribution in [1.82, 2.24) is 4.98 Å². The fourth-order valence-electron chi connectivity index (χ4n) is 1.43. The molecule has 0 unspecified atom stereocenters. The number of nitrogens with one attached hydrogen (secondary N) is 1. The summed E-state index contributed by atoms with van der Waals surface area (Å²) >= 11 is 3.16. The molecule has 100 valence electrons. The first-order valence-electron chi connectivity index (χ1n) is 5.10. The van der Waals surface area contributed by atoms with Gasteiger partial charge in [0.25, 0.3) is 0 Å². The maximum atomic E-state index is 13.5. The highest BCUT2D eigenvalue weighted by atomic mass is 79.9. The van der Waals surface area contributed by atoms with E-state index in [1.54, 1.807) is 6.07 Å². The zero-order valence-corrected chi connectivity index (χ0v) is 10.9. The van der Waals surface area contributed by atoms with E-state index in [-0.39, 0.29) is 5.69 Å². The number of alkyl halides is 3. The lowest BCUT2D eigenvalue weighted by atomic mass is 10.2. The third-order valence-corrected chi connectivity index (χ3v) is 2.71. The molecule has 0 bridgehead atoms. The number of pyridine rings is 1. The molecule has 0 atom stereocenters. The maximum Gasteiger partial charge on any atom is 0.416 e. The largest absolute Gasteiger partial charge is 0.416 e. The Bertz CT molecular complexity index is 599. The second-order valence-electron chi connectivity index (χ2n) is 3.71. The van der Waals surface area contributed by atoms with Gasteiger partial charge >= 0.3 is 6.18 Å². The van der Waals surface area contributed by atoms with Crippen LogP contribution in [-0.4, -0.2) is 4.98 Å². The van der Waals surface area contributed by atoms with Gasteiger partial charge in [-0.05, 0) is 40.2 Å². The van der Waals surface area contributed by atoms with Crippen LogP contribution < -0.4 is 5.32 Å². The Morgan fingerprint density at radius 1 is 1.11 bits per heavy atom. The molecule has 0 aliphatic heterocycles. The van der Waals surface area contributed by atoms with Crippen LogP contribution in [0.2, 0.25) is 0 Å². The van der Waals surface area contributed by atoms with Crippen molar-refractivity contribution in [2.24, 2.45) is 0 Å². The molecule has 1 N–H and O–H groups in total. The summed E-state index contributed by atoms with van der Waals surface area (Å²) in [6.45, 7) is 0. The van der Waals surface area contributed by atoms with Crippen LogP contribution in [-0.2, 0) is 6.18 Å². The van der Waals surface area contributed by atoms with Gasteiger partial charge in [0.05, 0.1) is 23.1 Å². The van der Waals surface area contributed by atoms with Gasteiger partial charge in [0, 0.05) is 10.7 Å². The number of rotatable bonds is 2. The summed E-state index contributed by atoms with van der Waals surface area (Å²) in [6, 6.07) is 3.76. The van der Waals surface area contributed by atoms with E-state index in [0.717, 1.165) is 12.1 Å². The van der Waals surface area contributed by atoms with Crippen molar-refractivity contribution in [3.8, 4) is 0 Å². The molecule has 2 rings (SSSR count). The molecule has 0 spiro atoms. The Balaban J connectivity index is 2.34. The summed E-state index contributed by atoms with van der Waals surface area (Å²) in [5, 5.41) is 2.56. The van der Waals surface area contributed by atoms with Crippen LogP contribution in [0.15, 0.2) is 41.1 Å². The zero-order valence-electron chi connectivity index (χ0n) is 9.30. The molecule has 0 radical (unpaired) electrons. The molecule has 1 aromatic heterocycles. The highest BCUT2D eigenvalue weighted by molar-refractivity contribution is 9.10. The normalized spacial score (nSPS) is 11.4. The number of benzene rings is 1. The van der Waals surface area contributed by atoms with E-state index in [2.05, 4.69) is 26.2 Å². The highest BCUT2D eigenvalue weighted by Gasteiger charge is 2.31. The molecule has 7 heteroatoms. The summed E-state index contributed by atoms with van der Waals surface area (Å²) in [4.78, 5) is 3.83. The molecule has 0 aliphatic rings. The van der Waals surface area contributed by atoms with E-state index in [1.165, 1.54) is 12.4 Å². The Labute approximate surface area is 114 Å². The molecule has 2 nitrogen and oxygen atoms in total. The molecule has 1 aromatic carbocycles. The van der Waals surface area contributed by atoms with E-state index >= 15 is 0 Å². The van der Waals surface area contributed by atoms with Gasteiger partial charge in [0.2, 0.25) is 0 Å². The average Bonchev–Trinajstić information content (AvgIpc) is 2.30. The van der Waals surface area contributed by atoms with Crippen LogP contribution in [0.3, 0.4) is 0 Å². The SMILES string of the molecule is Fc1ccc(C(F)(F)F)cc1Nc1cncc(Br)c1. The maximum absolute atomic E-state index is 13.5. The molecule has 2 aromatic rings. The second kappa shape index (κ2) is 5.16. The molecule has 0 saturated heterocycles. The van der Waals surface area contributed by atoms with Gasteiger partial charge in [-0.2, -0.15) is 13.2 Å². The number of aromatic nitrogens is 1. The summed E-state index contributed by atoms with van der Waals surface area (Å²) in [6.07, 6.45) is -1.63. The minimum absolute atomic E-state index is 0.255. The van der Waals surface area contributed by atoms with Crippen LogP contribution in [0.4, 0.5) is 28.9 Å². The van der Waals surface area contributed by atoms with Gasteiger partial charge in [-0.1, -0.05) is 0 Å². The van der Waals surface area contributed by atoms with Crippen LogP contribution in [0.25, 0.3) is 0 Å². The van der Waals surface area contributed by atoms with Crippen LogP contribution >= 0.6 is 15.9 Å². The third kappa shape index (κ3) is 3.44. The lowest BCUT2D eigenvalue weighted by Crippen LogP contribution is -2.06. The fourth-order valence-corrected chi connectivity index (χ4v) is 1.80. The van der Waals surface area contributed by atoms with Crippen molar-refractivity contribution in [3.05, 3.63) is 52.5 Å². The Kier molecular flexibility index (Phi) is 3.75. The zero-order chi connectivity index (χ0) is 14.0. The standard InChI is InChI=1S/C12H7BrF4N2/c13-8-4-9(6-18-5-8)19-11-3-7(12(15,16)17)1-2-10(11)14/h1-6,19H. The molecule has 0 aliphatic carbocycles. The average molecular weight is 335 g/mol. The van der Waals surface area contributed by atoms with Crippen molar-refractivity contribution in [3.63, 3.8) is 0 Å². The number of anilines is 2. The van der Waals surface area contributed by atoms with Gasteiger partial charge in [-0.15, -0.1) is 0 Å². The third-order valence-electron chi connectivity index (χ3n) is 2.28. The minimum Gasteiger partial charge on any atom is -0.352 e. The summed E-state index contributed by atoms with van der Waals surface area (Å²) in [7, 11) is 0. The molecule has 0 amide bonds. The number of hydrogen-bond donors (Lipinski definition) is 1. The van der Waals surface area contributed by atoms with E-state index in [4.69, 9.17) is 0 Å². The number of halogens is 5. The molecule has 0 saturated carbocycles. The fraction of sp³-hybridized carbons (Fsp3) is 0.0833. The van der Waals surface area contributed by atoms with E-state index in [1.807, 2.05) is 0 Å². The Hall–Kier alpha value is -1.63. The molecular weight excluding hydrogens is 328 g/mol. The lowest BCUT2D eigenvalue weighted by Gasteiger charge is -2.11. The first-order valence-corrected chi connectivity index (χ1v) is 5.90. The van der Waals surface area contributed by atoms with Crippen molar-refractivity contribution in [2.45, 2.75) is 6.18 Å². The highest BCUT2D eigenvalue weighted by Crippen LogP contribution is 2.32. The monoisotopic (exact) mass is 334 g/mol. The van der Waals surface area contributed by atoms with Crippen LogP contribution in [0.1, 0.15) is 5.56 Å². The van der Waals surface area contributed by atoms with E-state index in [9.17, 15) is 17.6 Å². The number of nitrogens with zero attached hydrogens (tertiary/aromatic N) is 1. The van der Waals surface area contributed by atoms with Crippen molar-refractivity contribution in [1.29, 1.82) is 0 Å². The summed E-state index contributed by atoms with van der Waals surface area (Å²) < 4.78 is 51.7. The number of hydrogen-bond acceptors (Lipinski definition) is 2. The van der Waals surface area contributed by atoms with Crippen LogP contribution in [0, 0.1) is 5.82 Å². The predicted molar refractivity (Wildman–Crippen MR) is 66.6 cm³/mol. The smallest absolute Gasteiger partial charge is 0.352 e. The van der Waals surface area contributed by atoms with E-state index < -0.39 is 17.6 Å². The quantitative estimate of drug-likeness (QED) is 0.802. The molecule has 1 heterocycles. The Morgan fingerprint density at radius 2 is 1.84 bits per heavy atom. The topological polar surface area (TPSA) is 24.9 Å². The Morgan fingerprint density at radius 3 is 2.47 bits per heavy atom. The van der Waals surface area contributed by atoms with Gasteiger partial charge < -0.3 is 5.32 Å². The first-order chi connectivity index (χ1) is 8.86. The molecular formula is C12H7BrF4N2. The van der Waals surface area contributed by atoms with Gasteiger partial charge in [-0.3, -0.25) is 4.98 Å². The summed E-state index contributed by atoms with van der Waals surface area (Å²) in [5.74, 6) is -0.770. The van der Waals surface area contributed by atoms with Crippen molar-refractivity contribution < 1.29 is 17.6 Å².